The van der Waals surface area contributed by atoms with E-state index in [-0.39, 0.29) is 5.54 Å². The maximum Gasteiger partial charge on any atom is 0.0702 e. The van der Waals surface area contributed by atoms with Crippen molar-refractivity contribution in [3.05, 3.63) is 0 Å². The normalized spacial score (nSPS) is 29.4. The molecule has 1 aliphatic heterocycles. The van der Waals surface area contributed by atoms with Crippen molar-refractivity contribution < 1.29 is 4.74 Å². The lowest BCUT2D eigenvalue weighted by atomic mass is 9.77. The molecule has 0 aromatic rings. The Balaban J connectivity index is 1.76. The van der Waals surface area contributed by atoms with E-state index in [1.54, 1.807) is 0 Å². The first-order valence-electron chi connectivity index (χ1n) is 6.35. The first-order valence-corrected chi connectivity index (χ1v) is 6.35. The fraction of sp³-hybridized carbons (Fsp3) is 1.00. The second kappa shape index (κ2) is 4.81. The van der Waals surface area contributed by atoms with Crippen LogP contribution in [0.25, 0.3) is 0 Å². The summed E-state index contributed by atoms with van der Waals surface area (Å²) in [5, 5.41) is 0. The summed E-state index contributed by atoms with van der Waals surface area (Å²) in [7, 11) is 0. The van der Waals surface area contributed by atoms with Crippen molar-refractivity contribution in [2.45, 2.75) is 50.7 Å². The van der Waals surface area contributed by atoms with Gasteiger partial charge in [0.1, 0.15) is 0 Å². The fourth-order valence-corrected chi connectivity index (χ4v) is 2.62. The molecule has 0 amide bonds. The Kier molecular flexibility index (Phi) is 3.65. The highest BCUT2D eigenvalue weighted by atomic mass is 16.5. The maximum absolute atomic E-state index is 6.27. The zero-order valence-corrected chi connectivity index (χ0v) is 9.87. The summed E-state index contributed by atoms with van der Waals surface area (Å²) in [6.45, 7) is 6.41. The summed E-state index contributed by atoms with van der Waals surface area (Å²) in [4.78, 5) is 2.47. The molecule has 0 aromatic carbocycles. The van der Waals surface area contributed by atoms with Crippen LogP contribution in [0.4, 0.5) is 0 Å². The molecule has 1 saturated carbocycles. The molecule has 2 rings (SSSR count). The Bertz CT molecular complexity index is 198. The molecule has 2 N–H and O–H groups in total. The van der Waals surface area contributed by atoms with Gasteiger partial charge in [0.2, 0.25) is 0 Å². The van der Waals surface area contributed by atoms with Gasteiger partial charge in [-0.05, 0) is 38.6 Å². The van der Waals surface area contributed by atoms with E-state index in [1.807, 2.05) is 0 Å². The first kappa shape index (κ1) is 11.4. The molecular weight excluding hydrogens is 188 g/mol. The van der Waals surface area contributed by atoms with Gasteiger partial charge in [-0.2, -0.15) is 0 Å². The lowest BCUT2D eigenvalue weighted by Gasteiger charge is -2.42. The van der Waals surface area contributed by atoms with Gasteiger partial charge in [-0.15, -0.1) is 0 Å². The lowest BCUT2D eigenvalue weighted by molar-refractivity contribution is 0.0574. The Morgan fingerprint density at radius 2 is 2.20 bits per heavy atom. The fourth-order valence-electron chi connectivity index (χ4n) is 2.62. The molecule has 88 valence electrons. The first-order chi connectivity index (χ1) is 7.22. The predicted molar refractivity (Wildman–Crippen MR) is 61.9 cm³/mol. The molecule has 1 heterocycles. The SMILES string of the molecule is CCN(CC1CCCO1)CC1(N)CCC1. The minimum Gasteiger partial charge on any atom is -0.377 e. The molecule has 3 nitrogen and oxygen atoms in total. The van der Waals surface area contributed by atoms with E-state index in [9.17, 15) is 0 Å². The van der Waals surface area contributed by atoms with Crippen molar-refractivity contribution in [3.63, 3.8) is 0 Å². The van der Waals surface area contributed by atoms with Gasteiger partial charge in [-0.1, -0.05) is 6.92 Å². The van der Waals surface area contributed by atoms with E-state index in [0.717, 1.165) is 26.2 Å². The van der Waals surface area contributed by atoms with Gasteiger partial charge >= 0.3 is 0 Å². The average Bonchev–Trinajstić information content (AvgIpc) is 2.67. The van der Waals surface area contributed by atoms with Crippen molar-refractivity contribution in [1.29, 1.82) is 0 Å². The molecule has 0 radical (unpaired) electrons. The van der Waals surface area contributed by atoms with E-state index in [0.29, 0.717) is 6.10 Å². The number of hydrogen-bond acceptors (Lipinski definition) is 3. The number of nitrogens with two attached hydrogens (primary N) is 1. The third-order valence-corrected chi connectivity index (χ3v) is 3.82. The van der Waals surface area contributed by atoms with Crippen molar-refractivity contribution in [1.82, 2.24) is 4.90 Å². The van der Waals surface area contributed by atoms with Gasteiger partial charge < -0.3 is 10.5 Å². The molecule has 3 heteroatoms. The van der Waals surface area contributed by atoms with E-state index >= 15 is 0 Å². The summed E-state index contributed by atoms with van der Waals surface area (Å²) in [5.41, 5.74) is 6.39. The van der Waals surface area contributed by atoms with Gasteiger partial charge in [0, 0.05) is 25.2 Å². The summed E-state index contributed by atoms with van der Waals surface area (Å²) in [6.07, 6.45) is 6.65. The van der Waals surface area contributed by atoms with Gasteiger partial charge in [0.05, 0.1) is 6.10 Å². The number of rotatable bonds is 5. The molecule has 0 aromatic heterocycles. The van der Waals surface area contributed by atoms with Crippen LogP contribution in [0.3, 0.4) is 0 Å². The van der Waals surface area contributed by atoms with Gasteiger partial charge in [0.15, 0.2) is 0 Å². The quantitative estimate of drug-likeness (QED) is 0.748. The molecule has 1 saturated heterocycles. The average molecular weight is 212 g/mol. The van der Waals surface area contributed by atoms with Crippen LogP contribution in [-0.2, 0) is 4.74 Å². The molecule has 0 spiro atoms. The van der Waals surface area contributed by atoms with Crippen LogP contribution >= 0.6 is 0 Å². The Morgan fingerprint density at radius 1 is 1.40 bits per heavy atom. The predicted octanol–water partition coefficient (Wildman–Crippen LogP) is 1.37. The zero-order chi connectivity index (χ0) is 10.7. The Hall–Kier alpha value is -0.120. The van der Waals surface area contributed by atoms with Crippen molar-refractivity contribution in [2.75, 3.05) is 26.2 Å². The van der Waals surface area contributed by atoms with Crippen LogP contribution in [0.2, 0.25) is 0 Å². The largest absolute Gasteiger partial charge is 0.377 e. The van der Waals surface area contributed by atoms with Crippen LogP contribution in [0.1, 0.15) is 39.0 Å². The molecule has 2 fully saturated rings. The number of ether oxygens (including phenoxy) is 1. The van der Waals surface area contributed by atoms with Crippen molar-refractivity contribution in [3.8, 4) is 0 Å². The van der Waals surface area contributed by atoms with E-state index in [1.165, 1.54) is 32.1 Å². The standard InChI is InChI=1S/C12H24N2O/c1-2-14(9-11-5-3-8-15-11)10-12(13)6-4-7-12/h11H,2-10,13H2,1H3. The third kappa shape index (κ3) is 2.92. The Morgan fingerprint density at radius 3 is 2.67 bits per heavy atom. The van der Waals surface area contributed by atoms with Crippen LogP contribution < -0.4 is 5.73 Å². The number of likely N-dealkylation sites (N-methyl/N-ethyl adjacent to an activating group) is 1. The van der Waals surface area contributed by atoms with Gasteiger partial charge in [-0.3, -0.25) is 4.90 Å². The molecule has 2 aliphatic rings. The van der Waals surface area contributed by atoms with E-state index in [4.69, 9.17) is 10.5 Å². The highest BCUT2D eigenvalue weighted by Gasteiger charge is 2.34. The lowest BCUT2D eigenvalue weighted by Crippen LogP contribution is -2.55. The smallest absolute Gasteiger partial charge is 0.0702 e. The van der Waals surface area contributed by atoms with E-state index < -0.39 is 0 Å². The monoisotopic (exact) mass is 212 g/mol. The molecule has 1 aliphatic carbocycles. The highest BCUT2D eigenvalue weighted by Crippen LogP contribution is 2.30. The molecule has 1 unspecified atom stereocenters. The minimum absolute atomic E-state index is 0.120. The molecule has 1 atom stereocenters. The topological polar surface area (TPSA) is 38.5 Å². The van der Waals surface area contributed by atoms with Crippen LogP contribution in [0.15, 0.2) is 0 Å². The summed E-state index contributed by atoms with van der Waals surface area (Å²) >= 11 is 0. The van der Waals surface area contributed by atoms with Crippen LogP contribution in [0, 0.1) is 0 Å². The number of nitrogens with zero attached hydrogens (tertiary/aromatic N) is 1. The third-order valence-electron chi connectivity index (χ3n) is 3.82. The second-order valence-corrected chi connectivity index (χ2v) is 5.18. The van der Waals surface area contributed by atoms with Crippen molar-refractivity contribution >= 4 is 0 Å². The maximum atomic E-state index is 6.27. The van der Waals surface area contributed by atoms with Crippen molar-refractivity contribution in [2.24, 2.45) is 5.73 Å². The van der Waals surface area contributed by atoms with Crippen LogP contribution in [-0.4, -0.2) is 42.8 Å². The van der Waals surface area contributed by atoms with Gasteiger partial charge in [0.25, 0.3) is 0 Å². The van der Waals surface area contributed by atoms with Gasteiger partial charge in [-0.25, -0.2) is 0 Å². The summed E-state index contributed by atoms with van der Waals surface area (Å²) in [6, 6.07) is 0. The number of hydrogen-bond donors (Lipinski definition) is 1. The molecule has 15 heavy (non-hydrogen) atoms. The molecular formula is C12H24N2O. The van der Waals surface area contributed by atoms with E-state index in [2.05, 4.69) is 11.8 Å². The van der Waals surface area contributed by atoms with Crippen LogP contribution in [0.5, 0.6) is 0 Å². The summed E-state index contributed by atoms with van der Waals surface area (Å²) < 4.78 is 5.67. The second-order valence-electron chi connectivity index (χ2n) is 5.18. The minimum atomic E-state index is 0.120. The summed E-state index contributed by atoms with van der Waals surface area (Å²) in [5.74, 6) is 0. The molecule has 0 bridgehead atoms. The highest BCUT2D eigenvalue weighted by molar-refractivity contribution is 4.95. The zero-order valence-electron chi connectivity index (χ0n) is 9.87. The Labute approximate surface area is 93.0 Å².